The summed E-state index contributed by atoms with van der Waals surface area (Å²) in [6.45, 7) is 4.94. The van der Waals surface area contributed by atoms with Gasteiger partial charge in [0.25, 0.3) is 0 Å². The summed E-state index contributed by atoms with van der Waals surface area (Å²) < 4.78 is 1.32. The number of aromatic amines is 1. The summed E-state index contributed by atoms with van der Waals surface area (Å²) in [6.07, 6.45) is 4.03. The van der Waals surface area contributed by atoms with Gasteiger partial charge in [-0.05, 0) is 32.4 Å². The average Bonchev–Trinajstić information content (AvgIpc) is 3.15. The lowest BCUT2D eigenvalue weighted by Crippen LogP contribution is -2.21. The SMILES string of the molecule is CCc1c(NC(=O)Cn2nc(C)c([N+](=O)[O-])c2C)n[nH]c1-c1ccncc1. The van der Waals surface area contributed by atoms with Crippen molar-refractivity contribution in [1.82, 2.24) is 25.0 Å². The lowest BCUT2D eigenvalue weighted by atomic mass is 10.1. The molecule has 0 aliphatic heterocycles. The number of hydrogen-bond donors (Lipinski definition) is 2. The van der Waals surface area contributed by atoms with Crippen LogP contribution < -0.4 is 5.32 Å². The Hall–Kier alpha value is -3.56. The van der Waals surface area contributed by atoms with Gasteiger partial charge in [0.05, 0.1) is 10.6 Å². The topological polar surface area (TPSA) is 132 Å². The van der Waals surface area contributed by atoms with E-state index in [2.05, 4.69) is 25.6 Å². The second-order valence-electron chi connectivity index (χ2n) is 6.00. The average molecular weight is 369 g/mol. The van der Waals surface area contributed by atoms with E-state index >= 15 is 0 Å². The molecule has 2 N–H and O–H groups in total. The fourth-order valence-electron chi connectivity index (χ4n) is 2.98. The molecule has 0 aromatic carbocycles. The van der Waals surface area contributed by atoms with Gasteiger partial charge in [0.1, 0.15) is 17.9 Å². The summed E-state index contributed by atoms with van der Waals surface area (Å²) in [5.41, 5.74) is 3.15. The molecule has 0 aliphatic rings. The van der Waals surface area contributed by atoms with Gasteiger partial charge in [-0.25, -0.2) is 0 Å². The minimum absolute atomic E-state index is 0.0724. The van der Waals surface area contributed by atoms with E-state index in [-0.39, 0.29) is 23.8 Å². The normalized spacial score (nSPS) is 10.8. The number of pyridine rings is 1. The Bertz CT molecular complexity index is 992. The Balaban J connectivity index is 1.80. The molecular formula is C17H19N7O3. The zero-order valence-corrected chi connectivity index (χ0v) is 15.2. The van der Waals surface area contributed by atoms with Gasteiger partial charge in [-0.2, -0.15) is 10.2 Å². The van der Waals surface area contributed by atoms with Crippen molar-refractivity contribution < 1.29 is 9.72 Å². The summed E-state index contributed by atoms with van der Waals surface area (Å²) in [6, 6.07) is 3.71. The van der Waals surface area contributed by atoms with Crippen molar-refractivity contribution in [2.45, 2.75) is 33.7 Å². The van der Waals surface area contributed by atoms with Crippen molar-refractivity contribution in [3.8, 4) is 11.3 Å². The number of carbonyl (C=O) groups is 1. The van der Waals surface area contributed by atoms with Crippen molar-refractivity contribution in [2.24, 2.45) is 0 Å². The summed E-state index contributed by atoms with van der Waals surface area (Å²) >= 11 is 0. The van der Waals surface area contributed by atoms with Gasteiger partial charge in [0, 0.05) is 23.5 Å². The number of H-pyrrole nitrogens is 1. The number of amides is 1. The molecule has 0 saturated carbocycles. The molecule has 0 saturated heterocycles. The third kappa shape index (κ3) is 3.54. The molecule has 10 nitrogen and oxygen atoms in total. The van der Waals surface area contributed by atoms with Crippen LogP contribution in [-0.4, -0.2) is 35.8 Å². The predicted molar refractivity (Wildman–Crippen MR) is 98.2 cm³/mol. The number of nitrogens with one attached hydrogen (secondary N) is 2. The molecule has 140 valence electrons. The predicted octanol–water partition coefficient (Wildman–Crippen LogP) is 2.39. The second-order valence-corrected chi connectivity index (χ2v) is 6.00. The third-order valence-electron chi connectivity index (χ3n) is 4.27. The Morgan fingerprint density at radius 3 is 2.63 bits per heavy atom. The molecule has 0 bridgehead atoms. The van der Waals surface area contributed by atoms with Crippen LogP contribution in [0.5, 0.6) is 0 Å². The van der Waals surface area contributed by atoms with E-state index in [9.17, 15) is 14.9 Å². The highest BCUT2D eigenvalue weighted by Gasteiger charge is 2.23. The van der Waals surface area contributed by atoms with E-state index in [1.165, 1.54) is 4.68 Å². The standard InChI is InChI=1S/C17H19N7O3/c1-4-13-15(12-5-7-18-8-6-12)20-21-17(13)19-14(25)9-23-11(3)16(24(26)27)10(2)22-23/h5-8H,4,9H2,1-3H3,(H2,19,20,21,25). The number of carbonyl (C=O) groups excluding carboxylic acids is 1. The molecule has 3 heterocycles. The third-order valence-corrected chi connectivity index (χ3v) is 4.27. The van der Waals surface area contributed by atoms with Gasteiger partial charge >= 0.3 is 5.69 Å². The zero-order valence-electron chi connectivity index (χ0n) is 15.2. The molecule has 0 fully saturated rings. The van der Waals surface area contributed by atoms with Crippen molar-refractivity contribution in [3.05, 3.63) is 51.6 Å². The number of aryl methyl sites for hydroxylation is 1. The number of rotatable bonds is 6. The van der Waals surface area contributed by atoms with Crippen LogP contribution in [0.25, 0.3) is 11.3 Å². The van der Waals surface area contributed by atoms with E-state index in [1.54, 1.807) is 26.2 Å². The first-order chi connectivity index (χ1) is 12.9. The Kier molecular flexibility index (Phi) is 4.97. The van der Waals surface area contributed by atoms with Crippen molar-refractivity contribution in [3.63, 3.8) is 0 Å². The van der Waals surface area contributed by atoms with Gasteiger partial charge in [0.2, 0.25) is 5.91 Å². The molecule has 3 rings (SSSR count). The van der Waals surface area contributed by atoms with Crippen molar-refractivity contribution >= 4 is 17.4 Å². The number of anilines is 1. The fraction of sp³-hybridized carbons (Fsp3) is 0.294. The first-order valence-electron chi connectivity index (χ1n) is 8.38. The van der Waals surface area contributed by atoms with Crippen molar-refractivity contribution in [1.29, 1.82) is 0 Å². The molecule has 0 radical (unpaired) electrons. The highest BCUT2D eigenvalue weighted by Crippen LogP contribution is 2.27. The molecule has 3 aromatic rings. The quantitative estimate of drug-likeness (QED) is 0.506. The summed E-state index contributed by atoms with van der Waals surface area (Å²) in [5, 5.41) is 25.1. The van der Waals surface area contributed by atoms with Crippen LogP contribution in [0.1, 0.15) is 23.9 Å². The van der Waals surface area contributed by atoms with Gasteiger partial charge < -0.3 is 5.32 Å². The van der Waals surface area contributed by atoms with Crippen LogP contribution in [-0.2, 0) is 17.8 Å². The highest BCUT2D eigenvalue weighted by molar-refractivity contribution is 5.91. The van der Waals surface area contributed by atoms with Crippen LogP contribution in [0.4, 0.5) is 11.5 Å². The lowest BCUT2D eigenvalue weighted by molar-refractivity contribution is -0.386. The molecule has 3 aromatic heterocycles. The maximum absolute atomic E-state index is 12.4. The molecule has 0 spiro atoms. The molecule has 0 aliphatic carbocycles. The number of hydrogen-bond acceptors (Lipinski definition) is 6. The summed E-state index contributed by atoms with van der Waals surface area (Å²) in [7, 11) is 0. The molecule has 10 heteroatoms. The Morgan fingerprint density at radius 2 is 2.04 bits per heavy atom. The van der Waals surface area contributed by atoms with Crippen molar-refractivity contribution in [2.75, 3.05) is 5.32 Å². The van der Waals surface area contributed by atoms with Gasteiger partial charge in [-0.3, -0.25) is 29.7 Å². The second kappa shape index (κ2) is 7.36. The van der Waals surface area contributed by atoms with Gasteiger partial charge in [0.15, 0.2) is 5.82 Å². The number of aromatic nitrogens is 5. The number of nitrogens with zero attached hydrogens (tertiary/aromatic N) is 5. The minimum Gasteiger partial charge on any atom is -0.307 e. The molecule has 0 unspecified atom stereocenters. The van der Waals surface area contributed by atoms with Crippen LogP contribution in [0, 0.1) is 24.0 Å². The monoisotopic (exact) mass is 369 g/mol. The van der Waals surface area contributed by atoms with Crippen LogP contribution in [0.3, 0.4) is 0 Å². The van der Waals surface area contributed by atoms with Crippen LogP contribution >= 0.6 is 0 Å². The maximum Gasteiger partial charge on any atom is 0.312 e. The first kappa shape index (κ1) is 18.2. The van der Waals surface area contributed by atoms with E-state index in [0.29, 0.717) is 17.9 Å². The molecule has 0 atom stereocenters. The zero-order chi connectivity index (χ0) is 19.6. The number of nitro groups is 1. The lowest BCUT2D eigenvalue weighted by Gasteiger charge is -2.06. The molecule has 1 amide bonds. The van der Waals surface area contributed by atoms with Crippen LogP contribution in [0.2, 0.25) is 0 Å². The summed E-state index contributed by atoms with van der Waals surface area (Å²) in [4.78, 5) is 27.0. The molecular weight excluding hydrogens is 350 g/mol. The molecule has 27 heavy (non-hydrogen) atoms. The maximum atomic E-state index is 12.4. The van der Waals surface area contributed by atoms with E-state index < -0.39 is 4.92 Å². The first-order valence-corrected chi connectivity index (χ1v) is 8.38. The Labute approximate surface area is 154 Å². The van der Waals surface area contributed by atoms with E-state index in [1.807, 2.05) is 19.1 Å². The Morgan fingerprint density at radius 1 is 1.33 bits per heavy atom. The van der Waals surface area contributed by atoms with E-state index in [4.69, 9.17) is 0 Å². The smallest absolute Gasteiger partial charge is 0.307 e. The van der Waals surface area contributed by atoms with E-state index in [0.717, 1.165) is 16.8 Å². The fourth-order valence-corrected chi connectivity index (χ4v) is 2.98. The van der Waals surface area contributed by atoms with Gasteiger partial charge in [-0.1, -0.05) is 6.92 Å². The van der Waals surface area contributed by atoms with Crippen LogP contribution in [0.15, 0.2) is 24.5 Å². The minimum atomic E-state index is -0.490. The summed E-state index contributed by atoms with van der Waals surface area (Å²) in [5.74, 6) is 0.0725. The van der Waals surface area contributed by atoms with Gasteiger partial charge in [-0.15, -0.1) is 0 Å². The highest BCUT2D eigenvalue weighted by atomic mass is 16.6. The largest absolute Gasteiger partial charge is 0.312 e.